The minimum atomic E-state index is 0.123. The molecule has 1 unspecified atom stereocenters. The fourth-order valence-electron chi connectivity index (χ4n) is 2.88. The Morgan fingerprint density at radius 3 is 2.82 bits per heavy atom. The molecule has 2 saturated heterocycles. The van der Waals surface area contributed by atoms with Crippen LogP contribution in [0.1, 0.15) is 40.5 Å². The lowest BCUT2D eigenvalue weighted by Crippen LogP contribution is -2.65. The molecule has 0 aromatic rings. The van der Waals surface area contributed by atoms with Crippen molar-refractivity contribution in [2.75, 3.05) is 13.1 Å². The first kappa shape index (κ1) is 12.8. The molecule has 2 fully saturated rings. The summed E-state index contributed by atoms with van der Waals surface area (Å²) in [5.41, 5.74) is 0.135. The molecular formula is C13H25N3O. The molecule has 2 aliphatic rings. The zero-order valence-corrected chi connectivity index (χ0v) is 11.4. The van der Waals surface area contributed by atoms with Crippen LogP contribution in [0.4, 0.5) is 0 Å². The molecule has 0 aromatic carbocycles. The zero-order chi connectivity index (χ0) is 12.6. The molecule has 0 aliphatic carbocycles. The predicted molar refractivity (Wildman–Crippen MR) is 68.9 cm³/mol. The molecule has 2 N–H and O–H groups in total. The Hall–Kier alpha value is -0.610. The summed E-state index contributed by atoms with van der Waals surface area (Å²) < 4.78 is 0. The van der Waals surface area contributed by atoms with E-state index in [0.29, 0.717) is 6.04 Å². The van der Waals surface area contributed by atoms with Gasteiger partial charge in [-0.05, 0) is 47.1 Å². The van der Waals surface area contributed by atoms with E-state index in [2.05, 4.69) is 43.2 Å². The summed E-state index contributed by atoms with van der Waals surface area (Å²) in [6.45, 7) is 10.7. The number of nitrogens with one attached hydrogen (secondary N) is 2. The molecule has 2 heterocycles. The van der Waals surface area contributed by atoms with Gasteiger partial charge in [-0.15, -0.1) is 0 Å². The number of nitrogens with zero attached hydrogens (tertiary/aromatic N) is 1. The first-order chi connectivity index (χ1) is 7.88. The molecule has 1 amide bonds. The number of piperazine rings is 1. The SMILES string of the molecule is C[C@@H]1NC(=O)[C@@H]2CCCN2C1CNC(C)(C)C. The van der Waals surface area contributed by atoms with E-state index in [9.17, 15) is 4.79 Å². The van der Waals surface area contributed by atoms with Gasteiger partial charge in [-0.2, -0.15) is 0 Å². The van der Waals surface area contributed by atoms with Crippen LogP contribution in [0.25, 0.3) is 0 Å². The van der Waals surface area contributed by atoms with Crippen LogP contribution in [0.15, 0.2) is 0 Å². The van der Waals surface area contributed by atoms with Gasteiger partial charge in [0, 0.05) is 24.2 Å². The summed E-state index contributed by atoms with van der Waals surface area (Å²) in [6.07, 6.45) is 2.17. The van der Waals surface area contributed by atoms with Crippen LogP contribution < -0.4 is 10.6 Å². The number of hydrogen-bond acceptors (Lipinski definition) is 3. The second kappa shape index (κ2) is 4.58. The van der Waals surface area contributed by atoms with Gasteiger partial charge in [0.2, 0.25) is 5.91 Å². The monoisotopic (exact) mass is 239 g/mol. The molecule has 2 rings (SSSR count). The number of rotatable bonds is 2. The normalized spacial score (nSPS) is 34.6. The zero-order valence-electron chi connectivity index (χ0n) is 11.4. The van der Waals surface area contributed by atoms with Gasteiger partial charge in [0.25, 0.3) is 0 Å². The molecule has 0 aromatic heterocycles. The highest BCUT2D eigenvalue weighted by Gasteiger charge is 2.42. The fourth-order valence-corrected chi connectivity index (χ4v) is 2.88. The Bertz CT molecular complexity index is 298. The summed E-state index contributed by atoms with van der Waals surface area (Å²) in [4.78, 5) is 14.3. The molecule has 0 spiro atoms. The highest BCUT2D eigenvalue weighted by Crippen LogP contribution is 2.25. The molecule has 2 aliphatic heterocycles. The molecule has 0 bridgehead atoms. The van der Waals surface area contributed by atoms with Gasteiger partial charge in [0.05, 0.1) is 6.04 Å². The van der Waals surface area contributed by atoms with E-state index < -0.39 is 0 Å². The van der Waals surface area contributed by atoms with E-state index in [0.717, 1.165) is 25.9 Å². The topological polar surface area (TPSA) is 44.4 Å². The van der Waals surface area contributed by atoms with Crippen molar-refractivity contribution in [2.24, 2.45) is 0 Å². The predicted octanol–water partition coefficient (Wildman–Crippen LogP) is 0.726. The average molecular weight is 239 g/mol. The third kappa shape index (κ3) is 2.80. The van der Waals surface area contributed by atoms with Gasteiger partial charge < -0.3 is 10.6 Å². The highest BCUT2D eigenvalue weighted by molar-refractivity contribution is 5.83. The van der Waals surface area contributed by atoms with Gasteiger partial charge in [0.15, 0.2) is 0 Å². The minimum Gasteiger partial charge on any atom is -0.351 e. The smallest absolute Gasteiger partial charge is 0.237 e. The third-order valence-electron chi connectivity index (χ3n) is 3.81. The first-order valence-corrected chi connectivity index (χ1v) is 6.69. The van der Waals surface area contributed by atoms with Crippen molar-refractivity contribution >= 4 is 5.91 Å². The van der Waals surface area contributed by atoms with Crippen molar-refractivity contribution in [3.63, 3.8) is 0 Å². The van der Waals surface area contributed by atoms with Crippen molar-refractivity contribution in [1.82, 2.24) is 15.5 Å². The standard InChI is InChI=1S/C13H25N3O/c1-9-11(8-14-13(2,3)4)16-7-5-6-10(16)12(17)15-9/h9-11,14H,5-8H2,1-4H3,(H,15,17)/t9-,10-,11?/m0/s1. The molecule has 3 atom stereocenters. The summed E-state index contributed by atoms with van der Waals surface area (Å²) in [5.74, 6) is 0.224. The Morgan fingerprint density at radius 2 is 2.18 bits per heavy atom. The van der Waals surface area contributed by atoms with Crippen LogP contribution in [0, 0.1) is 0 Å². The second-order valence-electron chi connectivity index (χ2n) is 6.39. The van der Waals surface area contributed by atoms with Crippen LogP contribution in [-0.2, 0) is 4.79 Å². The average Bonchev–Trinajstić information content (AvgIpc) is 2.64. The molecule has 0 saturated carbocycles. The maximum absolute atomic E-state index is 11.9. The minimum absolute atomic E-state index is 0.123. The maximum Gasteiger partial charge on any atom is 0.237 e. The first-order valence-electron chi connectivity index (χ1n) is 6.69. The lowest BCUT2D eigenvalue weighted by atomic mass is 10.00. The summed E-state index contributed by atoms with van der Waals surface area (Å²) >= 11 is 0. The summed E-state index contributed by atoms with van der Waals surface area (Å²) in [5, 5.41) is 6.67. The van der Waals surface area contributed by atoms with Crippen LogP contribution in [0.2, 0.25) is 0 Å². The second-order valence-corrected chi connectivity index (χ2v) is 6.39. The molecule has 0 radical (unpaired) electrons. The maximum atomic E-state index is 11.9. The van der Waals surface area contributed by atoms with E-state index in [4.69, 9.17) is 0 Å². The summed E-state index contributed by atoms with van der Waals surface area (Å²) in [7, 11) is 0. The number of fused-ring (bicyclic) bond motifs is 1. The Morgan fingerprint density at radius 1 is 1.47 bits per heavy atom. The number of carbonyl (C=O) groups is 1. The van der Waals surface area contributed by atoms with Crippen LogP contribution in [0.3, 0.4) is 0 Å². The van der Waals surface area contributed by atoms with E-state index >= 15 is 0 Å². The van der Waals surface area contributed by atoms with Crippen molar-refractivity contribution in [3.05, 3.63) is 0 Å². The van der Waals surface area contributed by atoms with Crippen molar-refractivity contribution in [1.29, 1.82) is 0 Å². The van der Waals surface area contributed by atoms with E-state index in [1.54, 1.807) is 0 Å². The quantitative estimate of drug-likeness (QED) is 0.746. The van der Waals surface area contributed by atoms with Crippen molar-refractivity contribution in [2.45, 2.75) is 64.2 Å². The van der Waals surface area contributed by atoms with Gasteiger partial charge in [-0.3, -0.25) is 9.69 Å². The Kier molecular flexibility index (Phi) is 3.46. The van der Waals surface area contributed by atoms with Gasteiger partial charge in [-0.1, -0.05) is 0 Å². The lowest BCUT2D eigenvalue weighted by Gasteiger charge is -2.42. The number of carbonyl (C=O) groups excluding carboxylic acids is 1. The van der Waals surface area contributed by atoms with Crippen molar-refractivity contribution < 1.29 is 4.79 Å². The van der Waals surface area contributed by atoms with E-state index in [1.807, 2.05) is 0 Å². The molecule has 4 heteroatoms. The fraction of sp³-hybridized carbons (Fsp3) is 0.923. The molecular weight excluding hydrogens is 214 g/mol. The third-order valence-corrected chi connectivity index (χ3v) is 3.81. The molecule has 17 heavy (non-hydrogen) atoms. The van der Waals surface area contributed by atoms with Gasteiger partial charge in [0.1, 0.15) is 0 Å². The van der Waals surface area contributed by atoms with Gasteiger partial charge in [-0.25, -0.2) is 0 Å². The van der Waals surface area contributed by atoms with Crippen LogP contribution >= 0.6 is 0 Å². The van der Waals surface area contributed by atoms with Gasteiger partial charge >= 0.3 is 0 Å². The largest absolute Gasteiger partial charge is 0.351 e. The molecule has 4 nitrogen and oxygen atoms in total. The van der Waals surface area contributed by atoms with E-state index in [-0.39, 0.29) is 23.5 Å². The van der Waals surface area contributed by atoms with Crippen molar-refractivity contribution in [3.8, 4) is 0 Å². The molecule has 98 valence electrons. The Balaban J connectivity index is 2.02. The van der Waals surface area contributed by atoms with Crippen LogP contribution in [-0.4, -0.2) is 47.6 Å². The number of amides is 1. The Labute approximate surface area is 104 Å². The van der Waals surface area contributed by atoms with Crippen LogP contribution in [0.5, 0.6) is 0 Å². The number of hydrogen-bond donors (Lipinski definition) is 2. The highest BCUT2D eigenvalue weighted by atomic mass is 16.2. The summed E-state index contributed by atoms with van der Waals surface area (Å²) in [6, 6.07) is 0.795. The van der Waals surface area contributed by atoms with E-state index in [1.165, 1.54) is 0 Å². The lowest BCUT2D eigenvalue weighted by molar-refractivity contribution is -0.131.